The van der Waals surface area contributed by atoms with Crippen LogP contribution in [0.5, 0.6) is 0 Å². The number of likely N-dealkylation sites (tertiary alicyclic amines) is 1. The van der Waals surface area contributed by atoms with E-state index in [0.29, 0.717) is 12.6 Å². The third-order valence-corrected chi connectivity index (χ3v) is 6.80. The van der Waals surface area contributed by atoms with Gasteiger partial charge in [-0.15, -0.1) is 0 Å². The topological polar surface area (TPSA) is 41.6 Å². The molecule has 4 nitrogen and oxygen atoms in total. The summed E-state index contributed by atoms with van der Waals surface area (Å²) in [6, 6.07) is 18.7. The highest BCUT2D eigenvalue weighted by molar-refractivity contribution is 6.30. The fourth-order valence-corrected chi connectivity index (χ4v) is 5.03. The number of alkyl carbamates (subject to hydrolysis) is 1. The predicted octanol–water partition coefficient (Wildman–Crippen LogP) is 5.44. The molecule has 2 fully saturated rings. The molecule has 0 aromatic heterocycles. The normalized spacial score (nSPS) is 22.7. The number of carbonyl (C=O) groups excluding carboxylic acids is 1. The molecule has 1 N–H and O–H groups in total. The number of hydrogen-bond donors (Lipinski definition) is 1. The molecular weight excluding hydrogens is 396 g/mol. The maximum absolute atomic E-state index is 12.3. The van der Waals surface area contributed by atoms with Crippen LogP contribution in [0, 0.1) is 5.92 Å². The molecule has 2 unspecified atom stereocenters. The van der Waals surface area contributed by atoms with E-state index in [1.54, 1.807) is 0 Å². The van der Waals surface area contributed by atoms with Crippen molar-refractivity contribution in [2.75, 3.05) is 13.1 Å². The lowest BCUT2D eigenvalue weighted by molar-refractivity contribution is 0.104. The molecule has 1 heterocycles. The van der Waals surface area contributed by atoms with Gasteiger partial charge in [0.05, 0.1) is 0 Å². The zero-order valence-corrected chi connectivity index (χ0v) is 18.2. The van der Waals surface area contributed by atoms with E-state index in [0.717, 1.165) is 48.9 Å². The van der Waals surface area contributed by atoms with Crippen LogP contribution >= 0.6 is 11.6 Å². The molecule has 160 valence electrons. The molecule has 1 saturated carbocycles. The largest absolute Gasteiger partial charge is 0.445 e. The number of ether oxygens (including phenoxy) is 1. The van der Waals surface area contributed by atoms with Gasteiger partial charge in [0.1, 0.15) is 6.61 Å². The zero-order chi connectivity index (χ0) is 20.8. The van der Waals surface area contributed by atoms with Crippen LogP contribution in [0.25, 0.3) is 0 Å². The van der Waals surface area contributed by atoms with Crippen molar-refractivity contribution < 1.29 is 9.53 Å². The number of rotatable bonds is 6. The Kier molecular flexibility index (Phi) is 7.29. The van der Waals surface area contributed by atoms with Gasteiger partial charge in [0, 0.05) is 17.1 Å². The van der Waals surface area contributed by atoms with Gasteiger partial charge in [-0.25, -0.2) is 4.79 Å². The minimum Gasteiger partial charge on any atom is -0.445 e. The molecular formula is C25H31ClN2O2. The summed E-state index contributed by atoms with van der Waals surface area (Å²) < 4.78 is 5.44. The Labute approximate surface area is 184 Å². The number of amides is 1. The summed E-state index contributed by atoms with van der Waals surface area (Å²) in [5, 5.41) is 3.94. The van der Waals surface area contributed by atoms with Crippen molar-refractivity contribution in [3.05, 3.63) is 70.7 Å². The van der Waals surface area contributed by atoms with Gasteiger partial charge < -0.3 is 10.1 Å². The lowest BCUT2D eigenvalue weighted by Crippen LogP contribution is -2.51. The van der Waals surface area contributed by atoms with Crippen molar-refractivity contribution in [3.8, 4) is 0 Å². The molecule has 30 heavy (non-hydrogen) atoms. The van der Waals surface area contributed by atoms with E-state index in [4.69, 9.17) is 16.3 Å². The van der Waals surface area contributed by atoms with Gasteiger partial charge in [-0.2, -0.15) is 0 Å². The average molecular weight is 427 g/mol. The molecule has 4 rings (SSSR count). The first-order valence-electron chi connectivity index (χ1n) is 11.1. The first-order chi connectivity index (χ1) is 14.7. The van der Waals surface area contributed by atoms with Gasteiger partial charge >= 0.3 is 6.09 Å². The highest BCUT2D eigenvalue weighted by Crippen LogP contribution is 2.30. The summed E-state index contributed by atoms with van der Waals surface area (Å²) in [6.45, 7) is 2.54. The predicted molar refractivity (Wildman–Crippen MR) is 121 cm³/mol. The van der Waals surface area contributed by atoms with Crippen LogP contribution in [0.2, 0.25) is 5.02 Å². The second-order valence-corrected chi connectivity index (χ2v) is 9.06. The standard InChI is InChI=1S/C25H31ClN2O2/c26-22-11-9-19(10-12-22)17-20-13-15-28(16-14-20)24-8-4-7-23(24)27-25(29)30-18-21-5-2-1-3-6-21/h1-3,5-6,9-12,20,23-24H,4,7-8,13-18H2,(H,27,29). The van der Waals surface area contributed by atoms with Gasteiger partial charge in [-0.3, -0.25) is 4.90 Å². The summed E-state index contributed by atoms with van der Waals surface area (Å²) in [5.41, 5.74) is 2.39. The summed E-state index contributed by atoms with van der Waals surface area (Å²) in [7, 11) is 0. The van der Waals surface area contributed by atoms with Gasteiger partial charge in [-0.1, -0.05) is 54.1 Å². The van der Waals surface area contributed by atoms with E-state index < -0.39 is 0 Å². The molecule has 1 aliphatic carbocycles. The smallest absolute Gasteiger partial charge is 0.407 e. The molecule has 5 heteroatoms. The average Bonchev–Trinajstić information content (AvgIpc) is 3.23. The van der Waals surface area contributed by atoms with Crippen molar-refractivity contribution in [3.63, 3.8) is 0 Å². The van der Waals surface area contributed by atoms with Gasteiger partial charge in [-0.05, 0) is 80.8 Å². The Hall–Kier alpha value is -2.04. The Morgan fingerprint density at radius 2 is 1.70 bits per heavy atom. The van der Waals surface area contributed by atoms with Gasteiger partial charge in [0.2, 0.25) is 0 Å². The minimum absolute atomic E-state index is 0.195. The Morgan fingerprint density at radius 1 is 0.967 bits per heavy atom. The second-order valence-electron chi connectivity index (χ2n) is 8.62. The number of hydrogen-bond acceptors (Lipinski definition) is 3. The monoisotopic (exact) mass is 426 g/mol. The van der Waals surface area contributed by atoms with E-state index in [1.165, 1.54) is 24.8 Å². The summed E-state index contributed by atoms with van der Waals surface area (Å²) in [4.78, 5) is 14.9. The third-order valence-electron chi connectivity index (χ3n) is 6.55. The summed E-state index contributed by atoms with van der Waals surface area (Å²) >= 11 is 6.00. The van der Waals surface area contributed by atoms with Crippen molar-refractivity contribution in [2.24, 2.45) is 5.92 Å². The van der Waals surface area contributed by atoms with Gasteiger partial charge in [0.15, 0.2) is 0 Å². The number of piperidine rings is 1. The van der Waals surface area contributed by atoms with Crippen molar-refractivity contribution in [1.82, 2.24) is 10.2 Å². The van der Waals surface area contributed by atoms with Crippen LogP contribution in [-0.2, 0) is 17.8 Å². The summed E-state index contributed by atoms with van der Waals surface area (Å²) in [6.07, 6.45) is 6.62. The van der Waals surface area contributed by atoms with E-state index >= 15 is 0 Å². The van der Waals surface area contributed by atoms with Crippen LogP contribution in [0.1, 0.15) is 43.2 Å². The zero-order valence-electron chi connectivity index (χ0n) is 17.4. The molecule has 0 bridgehead atoms. The van der Waals surface area contributed by atoms with Crippen LogP contribution in [0.3, 0.4) is 0 Å². The molecule has 0 radical (unpaired) electrons. The quantitative estimate of drug-likeness (QED) is 0.668. The molecule has 1 amide bonds. The van der Waals surface area contributed by atoms with E-state index in [1.807, 2.05) is 42.5 Å². The second kappa shape index (κ2) is 10.3. The number of nitrogens with one attached hydrogen (secondary N) is 1. The fourth-order valence-electron chi connectivity index (χ4n) is 4.90. The molecule has 1 aliphatic heterocycles. The lowest BCUT2D eigenvalue weighted by atomic mass is 9.89. The SMILES string of the molecule is O=C(NC1CCCC1N1CCC(Cc2ccc(Cl)cc2)CC1)OCc1ccccc1. The fraction of sp³-hybridized carbons (Fsp3) is 0.480. The first-order valence-corrected chi connectivity index (χ1v) is 11.5. The molecule has 2 aromatic carbocycles. The highest BCUT2D eigenvalue weighted by Gasteiger charge is 2.35. The Bertz CT molecular complexity index is 804. The maximum atomic E-state index is 12.3. The van der Waals surface area contributed by atoms with Crippen molar-refractivity contribution in [1.29, 1.82) is 0 Å². The minimum atomic E-state index is -0.298. The highest BCUT2D eigenvalue weighted by atomic mass is 35.5. The van der Waals surface area contributed by atoms with E-state index in [9.17, 15) is 4.79 Å². The van der Waals surface area contributed by atoms with Crippen LogP contribution < -0.4 is 5.32 Å². The Morgan fingerprint density at radius 3 is 2.43 bits per heavy atom. The number of nitrogens with zero attached hydrogens (tertiary/aromatic N) is 1. The van der Waals surface area contributed by atoms with E-state index in [-0.39, 0.29) is 12.1 Å². The summed E-state index contributed by atoms with van der Waals surface area (Å²) in [5.74, 6) is 0.728. The molecule has 2 aromatic rings. The van der Waals surface area contributed by atoms with Crippen LogP contribution in [-0.4, -0.2) is 36.2 Å². The number of halogens is 1. The van der Waals surface area contributed by atoms with Crippen LogP contribution in [0.15, 0.2) is 54.6 Å². The molecule has 2 aliphatic rings. The third kappa shape index (κ3) is 5.77. The molecule has 0 spiro atoms. The van der Waals surface area contributed by atoms with Crippen molar-refractivity contribution >= 4 is 17.7 Å². The lowest BCUT2D eigenvalue weighted by Gasteiger charge is -2.38. The van der Waals surface area contributed by atoms with Gasteiger partial charge in [0.25, 0.3) is 0 Å². The first kappa shape index (κ1) is 21.2. The molecule has 2 atom stereocenters. The van der Waals surface area contributed by atoms with E-state index in [2.05, 4.69) is 22.3 Å². The van der Waals surface area contributed by atoms with Crippen molar-refractivity contribution in [2.45, 2.75) is 57.2 Å². The Balaban J connectivity index is 1.23. The number of carbonyl (C=O) groups is 1. The van der Waals surface area contributed by atoms with Crippen LogP contribution in [0.4, 0.5) is 4.79 Å². The number of benzene rings is 2. The maximum Gasteiger partial charge on any atom is 0.407 e. The molecule has 1 saturated heterocycles.